The predicted octanol–water partition coefficient (Wildman–Crippen LogP) is 1.69. The number of aryl methyl sites for hydroxylation is 1. The quantitative estimate of drug-likeness (QED) is 0.889. The molecule has 0 bridgehead atoms. The first-order chi connectivity index (χ1) is 9.71. The Hall–Kier alpha value is -1.10. The third-order valence-corrected chi connectivity index (χ3v) is 4.28. The molecule has 1 N–H and O–H groups in total. The lowest BCUT2D eigenvalue weighted by atomic mass is 10.0. The van der Waals surface area contributed by atoms with Crippen molar-refractivity contribution >= 4 is 0 Å². The zero-order valence-corrected chi connectivity index (χ0v) is 12.3. The number of nitrogens with one attached hydrogen (secondary N) is 1. The van der Waals surface area contributed by atoms with E-state index in [1.807, 2.05) is 0 Å². The van der Waals surface area contributed by atoms with Crippen molar-refractivity contribution in [1.29, 1.82) is 0 Å². The fraction of sp³-hybridized carbons (Fsp3) is 0.625. The van der Waals surface area contributed by atoms with Crippen LogP contribution >= 0.6 is 0 Å². The molecule has 1 fully saturated rings. The van der Waals surface area contributed by atoms with Crippen LogP contribution in [0, 0.1) is 6.92 Å². The fourth-order valence-electron chi connectivity index (χ4n) is 2.99. The van der Waals surface area contributed by atoms with Gasteiger partial charge in [-0.25, -0.2) is 0 Å². The van der Waals surface area contributed by atoms with Crippen molar-refractivity contribution in [2.75, 3.05) is 33.4 Å². The van der Waals surface area contributed by atoms with E-state index in [4.69, 9.17) is 14.2 Å². The van der Waals surface area contributed by atoms with E-state index in [1.54, 1.807) is 7.11 Å². The Kier molecular flexibility index (Phi) is 3.96. The van der Waals surface area contributed by atoms with E-state index in [2.05, 4.69) is 30.4 Å². The zero-order chi connectivity index (χ0) is 14.0. The Labute approximate surface area is 120 Å². The van der Waals surface area contributed by atoms with Gasteiger partial charge in [-0.2, -0.15) is 0 Å². The molecule has 4 heteroatoms. The minimum absolute atomic E-state index is 0.151. The van der Waals surface area contributed by atoms with Gasteiger partial charge in [0, 0.05) is 39.6 Å². The van der Waals surface area contributed by atoms with Crippen molar-refractivity contribution < 1.29 is 14.2 Å². The molecule has 1 aromatic carbocycles. The summed E-state index contributed by atoms with van der Waals surface area (Å²) in [7, 11) is 1.76. The molecule has 2 aliphatic heterocycles. The average molecular weight is 277 g/mol. The highest BCUT2D eigenvalue weighted by atomic mass is 16.5. The molecule has 0 aromatic heterocycles. The lowest BCUT2D eigenvalue weighted by Crippen LogP contribution is -2.45. The van der Waals surface area contributed by atoms with Gasteiger partial charge in [0.15, 0.2) is 0 Å². The third kappa shape index (κ3) is 2.82. The van der Waals surface area contributed by atoms with Gasteiger partial charge in [-0.3, -0.25) is 0 Å². The number of fused-ring (bicyclic) bond motifs is 1. The second-order valence-electron chi connectivity index (χ2n) is 5.88. The van der Waals surface area contributed by atoms with Crippen molar-refractivity contribution in [3.63, 3.8) is 0 Å². The van der Waals surface area contributed by atoms with E-state index in [0.717, 1.165) is 38.3 Å². The van der Waals surface area contributed by atoms with E-state index in [0.29, 0.717) is 6.61 Å². The number of rotatable bonds is 5. The summed E-state index contributed by atoms with van der Waals surface area (Å²) in [5.74, 6) is 1.04. The summed E-state index contributed by atoms with van der Waals surface area (Å²) in [6, 6.07) is 6.40. The number of hydrogen-bond donors (Lipinski definition) is 1. The predicted molar refractivity (Wildman–Crippen MR) is 77.3 cm³/mol. The summed E-state index contributed by atoms with van der Waals surface area (Å²) in [6.45, 7) is 5.26. The van der Waals surface area contributed by atoms with Gasteiger partial charge in [0.25, 0.3) is 0 Å². The normalized spacial score (nSPS) is 28.4. The summed E-state index contributed by atoms with van der Waals surface area (Å²) < 4.78 is 17.0. The number of benzene rings is 1. The van der Waals surface area contributed by atoms with Gasteiger partial charge in [0.2, 0.25) is 0 Å². The third-order valence-electron chi connectivity index (χ3n) is 4.28. The molecule has 4 nitrogen and oxygen atoms in total. The van der Waals surface area contributed by atoms with Crippen LogP contribution in [0.4, 0.5) is 0 Å². The fourth-order valence-corrected chi connectivity index (χ4v) is 2.99. The van der Waals surface area contributed by atoms with Gasteiger partial charge in [0.05, 0.1) is 6.61 Å². The van der Waals surface area contributed by atoms with Gasteiger partial charge in [-0.05, 0) is 18.6 Å². The molecule has 0 amide bonds. The van der Waals surface area contributed by atoms with E-state index < -0.39 is 0 Å². The lowest BCUT2D eigenvalue weighted by molar-refractivity contribution is -0.0167. The highest BCUT2D eigenvalue weighted by molar-refractivity contribution is 5.40. The SMILES string of the molecule is COC1(CNCC2Cc3cc(C)ccc3O2)CCOC1. The van der Waals surface area contributed by atoms with Crippen LogP contribution in [0.15, 0.2) is 18.2 Å². The van der Waals surface area contributed by atoms with Gasteiger partial charge in [0.1, 0.15) is 17.5 Å². The molecule has 0 saturated carbocycles. The van der Waals surface area contributed by atoms with Crippen LogP contribution in [0.2, 0.25) is 0 Å². The average Bonchev–Trinajstić information content (AvgIpc) is 3.05. The molecule has 1 saturated heterocycles. The summed E-state index contributed by atoms with van der Waals surface area (Å²) in [5.41, 5.74) is 2.46. The van der Waals surface area contributed by atoms with Crippen molar-refractivity contribution in [3.05, 3.63) is 29.3 Å². The Bertz CT molecular complexity index is 469. The number of methoxy groups -OCH3 is 1. The molecule has 0 aliphatic carbocycles. The van der Waals surface area contributed by atoms with Gasteiger partial charge >= 0.3 is 0 Å². The molecule has 0 radical (unpaired) electrons. The van der Waals surface area contributed by atoms with E-state index in [-0.39, 0.29) is 11.7 Å². The first-order valence-corrected chi connectivity index (χ1v) is 7.31. The number of hydrogen-bond acceptors (Lipinski definition) is 4. The Balaban J connectivity index is 1.49. The van der Waals surface area contributed by atoms with Crippen LogP contribution in [0.1, 0.15) is 17.5 Å². The van der Waals surface area contributed by atoms with Crippen molar-refractivity contribution in [1.82, 2.24) is 5.32 Å². The highest BCUT2D eigenvalue weighted by Crippen LogP contribution is 2.29. The smallest absolute Gasteiger partial charge is 0.123 e. The van der Waals surface area contributed by atoms with Gasteiger partial charge < -0.3 is 19.5 Å². The van der Waals surface area contributed by atoms with E-state index in [1.165, 1.54) is 11.1 Å². The summed E-state index contributed by atoms with van der Waals surface area (Å²) in [6.07, 6.45) is 2.17. The summed E-state index contributed by atoms with van der Waals surface area (Å²) in [5, 5.41) is 3.48. The number of ether oxygens (including phenoxy) is 3. The van der Waals surface area contributed by atoms with Crippen molar-refractivity contribution in [2.24, 2.45) is 0 Å². The molecule has 2 heterocycles. The minimum atomic E-state index is -0.151. The molecular weight excluding hydrogens is 254 g/mol. The monoisotopic (exact) mass is 277 g/mol. The Morgan fingerprint density at radius 3 is 3.10 bits per heavy atom. The van der Waals surface area contributed by atoms with Gasteiger partial charge in [-0.1, -0.05) is 17.7 Å². The van der Waals surface area contributed by atoms with E-state index in [9.17, 15) is 0 Å². The summed E-state index contributed by atoms with van der Waals surface area (Å²) >= 11 is 0. The van der Waals surface area contributed by atoms with Crippen LogP contribution in [-0.2, 0) is 15.9 Å². The standard InChI is InChI=1S/C16H23NO3/c1-12-3-4-15-13(7-12)8-14(20-15)9-17-10-16(18-2)5-6-19-11-16/h3-4,7,14,17H,5-6,8-11H2,1-2H3. The molecule has 3 rings (SSSR count). The molecule has 20 heavy (non-hydrogen) atoms. The van der Waals surface area contributed by atoms with Crippen molar-refractivity contribution in [3.8, 4) is 5.75 Å². The van der Waals surface area contributed by atoms with Crippen molar-refractivity contribution in [2.45, 2.75) is 31.5 Å². The second kappa shape index (κ2) is 5.72. The topological polar surface area (TPSA) is 39.7 Å². The first-order valence-electron chi connectivity index (χ1n) is 7.31. The maximum absolute atomic E-state index is 5.96. The molecule has 2 unspecified atom stereocenters. The first kappa shape index (κ1) is 13.9. The van der Waals surface area contributed by atoms with Crippen LogP contribution in [0.5, 0.6) is 5.75 Å². The highest BCUT2D eigenvalue weighted by Gasteiger charge is 2.35. The maximum atomic E-state index is 5.96. The zero-order valence-electron chi connectivity index (χ0n) is 12.3. The molecule has 2 aliphatic rings. The van der Waals surface area contributed by atoms with Crippen LogP contribution in [0.3, 0.4) is 0 Å². The van der Waals surface area contributed by atoms with Crippen LogP contribution in [0.25, 0.3) is 0 Å². The minimum Gasteiger partial charge on any atom is -0.488 e. The van der Waals surface area contributed by atoms with E-state index >= 15 is 0 Å². The lowest BCUT2D eigenvalue weighted by Gasteiger charge is -2.26. The Morgan fingerprint density at radius 2 is 2.35 bits per heavy atom. The Morgan fingerprint density at radius 1 is 1.45 bits per heavy atom. The van der Waals surface area contributed by atoms with Crippen LogP contribution in [-0.4, -0.2) is 45.1 Å². The molecule has 0 spiro atoms. The molecule has 1 aromatic rings. The van der Waals surface area contributed by atoms with Crippen LogP contribution < -0.4 is 10.1 Å². The largest absolute Gasteiger partial charge is 0.488 e. The summed E-state index contributed by atoms with van der Waals surface area (Å²) in [4.78, 5) is 0. The molecule has 2 atom stereocenters. The molecular formula is C16H23NO3. The molecule has 110 valence electrons. The van der Waals surface area contributed by atoms with Gasteiger partial charge in [-0.15, -0.1) is 0 Å². The second-order valence-corrected chi connectivity index (χ2v) is 5.88. The maximum Gasteiger partial charge on any atom is 0.123 e.